The molecule has 0 amide bonds. The molecule has 4 nitrogen and oxygen atoms in total. The van der Waals surface area contributed by atoms with Crippen molar-refractivity contribution in [3.05, 3.63) is 59.5 Å². The highest BCUT2D eigenvalue weighted by atomic mass is 32.2. The van der Waals surface area contributed by atoms with Gasteiger partial charge in [-0.1, -0.05) is 36.0 Å². The lowest BCUT2D eigenvalue weighted by molar-refractivity contribution is 0.623. The average Bonchev–Trinajstić information content (AvgIpc) is 2.90. The summed E-state index contributed by atoms with van der Waals surface area (Å²) in [5.41, 5.74) is 4.84. The fourth-order valence-electron chi connectivity index (χ4n) is 1.93. The molecule has 0 spiro atoms. The molecule has 0 unspecified atom stereocenters. The molecule has 3 rings (SSSR count). The van der Waals surface area contributed by atoms with E-state index in [9.17, 15) is 0 Å². The zero-order valence-electron chi connectivity index (χ0n) is 11.1. The maximum atomic E-state index is 6.97. The molecular weight excluding hydrogens is 282 g/mol. The summed E-state index contributed by atoms with van der Waals surface area (Å²) in [6, 6.07) is 16.0. The zero-order valence-corrected chi connectivity index (χ0v) is 11.9. The van der Waals surface area contributed by atoms with Gasteiger partial charge in [-0.15, -0.1) is 0 Å². The van der Waals surface area contributed by atoms with Gasteiger partial charge >= 0.3 is 0 Å². The highest BCUT2D eigenvalue weighted by Crippen LogP contribution is 2.22. The van der Waals surface area contributed by atoms with Crippen LogP contribution in [-0.2, 0) is 0 Å². The van der Waals surface area contributed by atoms with Gasteiger partial charge in [0.15, 0.2) is 5.58 Å². The number of aromatic nitrogens is 1. The molecule has 0 radical (unpaired) electrons. The lowest BCUT2D eigenvalue weighted by atomic mass is 10.2. The molecular formula is C16H13N3OS. The van der Waals surface area contributed by atoms with Crippen LogP contribution in [0.15, 0.2) is 58.4 Å². The van der Waals surface area contributed by atoms with Crippen LogP contribution in [0, 0.1) is 5.41 Å². The number of rotatable bonds is 5. The number of para-hydroxylation sites is 2. The van der Waals surface area contributed by atoms with Crippen LogP contribution in [0.3, 0.4) is 0 Å². The SMILES string of the molecule is N=CS/C=C/c1cccc(Nc2nc3ccccc3o2)c1. The first kappa shape index (κ1) is 13.5. The summed E-state index contributed by atoms with van der Waals surface area (Å²) in [6.45, 7) is 0. The average molecular weight is 295 g/mol. The first-order valence-corrected chi connectivity index (χ1v) is 7.33. The van der Waals surface area contributed by atoms with E-state index in [1.54, 1.807) is 0 Å². The predicted octanol–water partition coefficient (Wildman–Crippen LogP) is 4.88. The van der Waals surface area contributed by atoms with Gasteiger partial charge in [0.2, 0.25) is 0 Å². The van der Waals surface area contributed by atoms with Gasteiger partial charge in [0.1, 0.15) is 5.52 Å². The number of nitrogens with zero attached hydrogens (tertiary/aromatic N) is 1. The number of benzene rings is 2. The van der Waals surface area contributed by atoms with Crippen molar-refractivity contribution in [2.24, 2.45) is 0 Å². The molecule has 2 aromatic carbocycles. The molecule has 1 aromatic heterocycles. The van der Waals surface area contributed by atoms with Crippen molar-refractivity contribution in [1.82, 2.24) is 4.98 Å². The monoisotopic (exact) mass is 295 g/mol. The molecule has 0 saturated heterocycles. The highest BCUT2D eigenvalue weighted by Gasteiger charge is 2.04. The van der Waals surface area contributed by atoms with E-state index in [2.05, 4.69) is 10.3 Å². The van der Waals surface area contributed by atoms with E-state index in [0.717, 1.165) is 22.4 Å². The summed E-state index contributed by atoms with van der Waals surface area (Å²) in [4.78, 5) is 4.38. The Balaban J connectivity index is 1.80. The maximum Gasteiger partial charge on any atom is 0.300 e. The quantitative estimate of drug-likeness (QED) is 0.520. The third-order valence-electron chi connectivity index (χ3n) is 2.84. The number of thioether (sulfide) groups is 1. The van der Waals surface area contributed by atoms with Crippen LogP contribution in [0.5, 0.6) is 0 Å². The molecule has 104 valence electrons. The summed E-state index contributed by atoms with van der Waals surface area (Å²) in [7, 11) is 0. The van der Waals surface area contributed by atoms with Crippen molar-refractivity contribution in [1.29, 1.82) is 5.41 Å². The molecule has 0 aliphatic carbocycles. The molecule has 0 saturated carbocycles. The summed E-state index contributed by atoms with van der Waals surface area (Å²) >= 11 is 1.33. The van der Waals surface area contributed by atoms with Crippen LogP contribution < -0.4 is 5.32 Å². The van der Waals surface area contributed by atoms with Gasteiger partial charge in [-0.2, -0.15) is 4.98 Å². The van der Waals surface area contributed by atoms with E-state index < -0.39 is 0 Å². The predicted molar refractivity (Wildman–Crippen MR) is 89.1 cm³/mol. The van der Waals surface area contributed by atoms with Gasteiger partial charge in [0.05, 0.1) is 5.55 Å². The Morgan fingerprint density at radius 3 is 2.90 bits per heavy atom. The first-order valence-electron chi connectivity index (χ1n) is 6.39. The van der Waals surface area contributed by atoms with Gasteiger partial charge in [-0.3, -0.25) is 0 Å². The van der Waals surface area contributed by atoms with Crippen LogP contribution in [0.4, 0.5) is 11.7 Å². The maximum absolute atomic E-state index is 6.97. The molecule has 2 N–H and O–H groups in total. The second kappa shape index (κ2) is 6.28. The van der Waals surface area contributed by atoms with Crippen LogP contribution >= 0.6 is 11.8 Å². The standard InChI is InChI=1S/C16H13N3OS/c17-11-21-9-8-12-4-3-5-13(10-12)18-16-19-14-6-1-2-7-15(14)20-16/h1-11,17H,(H,18,19)/b9-8+,17-11?. The van der Waals surface area contributed by atoms with Crippen molar-refractivity contribution in [2.45, 2.75) is 0 Å². The Morgan fingerprint density at radius 1 is 1.14 bits per heavy atom. The van der Waals surface area contributed by atoms with Gasteiger partial charge in [-0.05, 0) is 41.3 Å². The highest BCUT2D eigenvalue weighted by molar-refractivity contribution is 8.14. The Bertz CT molecular complexity index is 762. The summed E-state index contributed by atoms with van der Waals surface area (Å²) in [5.74, 6) is 0. The van der Waals surface area contributed by atoms with Crippen molar-refractivity contribution in [3.63, 3.8) is 0 Å². The smallest absolute Gasteiger partial charge is 0.300 e. The third-order valence-corrected chi connectivity index (χ3v) is 3.27. The number of nitrogens with one attached hydrogen (secondary N) is 2. The van der Waals surface area contributed by atoms with Crippen molar-refractivity contribution < 1.29 is 4.42 Å². The molecule has 3 aromatic rings. The zero-order chi connectivity index (χ0) is 14.5. The Morgan fingerprint density at radius 2 is 2.05 bits per heavy atom. The van der Waals surface area contributed by atoms with Crippen LogP contribution in [0.25, 0.3) is 17.2 Å². The lowest BCUT2D eigenvalue weighted by Crippen LogP contribution is -1.90. The van der Waals surface area contributed by atoms with E-state index in [1.165, 1.54) is 17.3 Å². The molecule has 0 aliphatic rings. The molecule has 5 heteroatoms. The normalized spacial score (nSPS) is 11.0. The van der Waals surface area contributed by atoms with Gasteiger partial charge in [0, 0.05) is 5.69 Å². The fourth-order valence-corrected chi connectivity index (χ4v) is 2.24. The van der Waals surface area contributed by atoms with Crippen molar-refractivity contribution >= 4 is 46.2 Å². The number of hydrogen-bond donors (Lipinski definition) is 2. The molecule has 0 aliphatic heterocycles. The second-order valence-corrected chi connectivity index (χ2v) is 5.07. The minimum Gasteiger partial charge on any atom is -0.423 e. The van der Waals surface area contributed by atoms with E-state index in [4.69, 9.17) is 9.83 Å². The number of anilines is 2. The van der Waals surface area contributed by atoms with Crippen LogP contribution in [-0.4, -0.2) is 10.5 Å². The Kier molecular flexibility index (Phi) is 4.02. The molecule has 0 fully saturated rings. The Labute approximate surface area is 126 Å². The minimum atomic E-state index is 0.478. The van der Waals surface area contributed by atoms with E-state index in [0.29, 0.717) is 6.01 Å². The van der Waals surface area contributed by atoms with E-state index in [1.807, 2.05) is 60.0 Å². The summed E-state index contributed by atoms with van der Waals surface area (Å²) < 4.78 is 5.64. The topological polar surface area (TPSA) is 61.9 Å². The van der Waals surface area contributed by atoms with Gasteiger partial charge in [0.25, 0.3) is 6.01 Å². The minimum absolute atomic E-state index is 0.478. The molecule has 1 heterocycles. The van der Waals surface area contributed by atoms with Crippen molar-refractivity contribution in [2.75, 3.05) is 5.32 Å². The number of fused-ring (bicyclic) bond motifs is 1. The van der Waals surface area contributed by atoms with Crippen molar-refractivity contribution in [3.8, 4) is 0 Å². The van der Waals surface area contributed by atoms with Crippen LogP contribution in [0.2, 0.25) is 0 Å². The summed E-state index contributed by atoms with van der Waals surface area (Å²) in [5, 5.41) is 12.0. The number of hydrogen-bond acceptors (Lipinski definition) is 5. The van der Waals surface area contributed by atoms with Crippen LogP contribution in [0.1, 0.15) is 5.56 Å². The van der Waals surface area contributed by atoms with E-state index >= 15 is 0 Å². The third kappa shape index (κ3) is 3.32. The summed E-state index contributed by atoms with van der Waals surface area (Å²) in [6.07, 6.45) is 1.95. The number of oxazole rings is 1. The van der Waals surface area contributed by atoms with Gasteiger partial charge < -0.3 is 15.1 Å². The second-order valence-electron chi connectivity index (χ2n) is 4.29. The molecule has 21 heavy (non-hydrogen) atoms. The van der Waals surface area contributed by atoms with E-state index in [-0.39, 0.29) is 0 Å². The molecule has 0 bridgehead atoms. The first-order chi connectivity index (χ1) is 10.3. The fraction of sp³-hybridized carbons (Fsp3) is 0. The Hall–Kier alpha value is -2.53. The lowest BCUT2D eigenvalue weighted by Gasteiger charge is -2.02. The largest absolute Gasteiger partial charge is 0.423 e. The molecule has 0 atom stereocenters. The van der Waals surface area contributed by atoms with Gasteiger partial charge in [-0.25, -0.2) is 0 Å².